The summed E-state index contributed by atoms with van der Waals surface area (Å²) in [5.74, 6) is -0.397. The molecule has 29 heavy (non-hydrogen) atoms. The third kappa shape index (κ3) is 5.03. The molecule has 0 aromatic heterocycles. The Balaban J connectivity index is 1.60. The summed E-state index contributed by atoms with van der Waals surface area (Å²) >= 11 is 0. The van der Waals surface area contributed by atoms with Crippen LogP contribution in [0.5, 0.6) is 0 Å². The molecular formula is C22H27FN2O3S. The Morgan fingerprint density at radius 3 is 2.24 bits per heavy atom. The molecule has 0 aliphatic carbocycles. The summed E-state index contributed by atoms with van der Waals surface area (Å²) in [6.45, 7) is 4.82. The zero-order valence-corrected chi connectivity index (χ0v) is 17.6. The van der Waals surface area contributed by atoms with E-state index in [1.165, 1.54) is 28.6 Å². The van der Waals surface area contributed by atoms with Gasteiger partial charge in [0.15, 0.2) is 0 Å². The van der Waals surface area contributed by atoms with Gasteiger partial charge in [0, 0.05) is 24.7 Å². The minimum atomic E-state index is -3.56. The monoisotopic (exact) mass is 418 g/mol. The number of rotatable bonds is 6. The van der Waals surface area contributed by atoms with E-state index in [4.69, 9.17) is 0 Å². The van der Waals surface area contributed by atoms with Crippen LogP contribution in [0.3, 0.4) is 0 Å². The molecule has 5 nitrogen and oxygen atoms in total. The van der Waals surface area contributed by atoms with Crippen molar-refractivity contribution in [2.75, 3.05) is 18.4 Å². The van der Waals surface area contributed by atoms with E-state index in [-0.39, 0.29) is 17.6 Å². The van der Waals surface area contributed by atoms with Gasteiger partial charge < -0.3 is 5.32 Å². The molecule has 1 unspecified atom stereocenters. The van der Waals surface area contributed by atoms with Crippen LogP contribution in [0.15, 0.2) is 53.4 Å². The Bertz CT molecular complexity index is 935. The van der Waals surface area contributed by atoms with Gasteiger partial charge in [-0.15, -0.1) is 0 Å². The standard InChI is InChI=1S/C22H27FN2O3S/c1-3-16(2)17-4-10-21(11-5-17)29(27,28)25-14-12-18(13-15-25)22(26)24-20-8-6-19(23)7-9-20/h4-11,16,18H,3,12-15H2,1-2H3,(H,24,26). The van der Waals surface area contributed by atoms with Crippen molar-refractivity contribution in [2.24, 2.45) is 5.92 Å². The molecule has 1 aliphatic rings. The van der Waals surface area contributed by atoms with E-state index in [0.717, 1.165) is 12.0 Å². The number of nitrogens with zero attached hydrogens (tertiary/aromatic N) is 1. The molecule has 1 amide bonds. The molecule has 1 fully saturated rings. The van der Waals surface area contributed by atoms with Crippen LogP contribution in [0, 0.1) is 11.7 Å². The van der Waals surface area contributed by atoms with E-state index in [0.29, 0.717) is 42.4 Å². The lowest BCUT2D eigenvalue weighted by Crippen LogP contribution is -2.41. The van der Waals surface area contributed by atoms with Crippen LogP contribution in [0.4, 0.5) is 10.1 Å². The molecular weight excluding hydrogens is 391 g/mol. The highest BCUT2D eigenvalue weighted by Gasteiger charge is 2.32. The lowest BCUT2D eigenvalue weighted by atomic mass is 9.97. The molecule has 1 aliphatic heterocycles. The fourth-order valence-corrected chi connectivity index (χ4v) is 4.96. The quantitative estimate of drug-likeness (QED) is 0.757. The summed E-state index contributed by atoms with van der Waals surface area (Å²) in [6, 6.07) is 12.7. The van der Waals surface area contributed by atoms with Crippen LogP contribution in [0.25, 0.3) is 0 Å². The van der Waals surface area contributed by atoms with Crippen LogP contribution >= 0.6 is 0 Å². The predicted octanol–water partition coefficient (Wildman–Crippen LogP) is 4.38. The van der Waals surface area contributed by atoms with Gasteiger partial charge in [-0.05, 0) is 67.1 Å². The molecule has 0 saturated carbocycles. The van der Waals surface area contributed by atoms with E-state index >= 15 is 0 Å². The van der Waals surface area contributed by atoms with Gasteiger partial charge in [0.1, 0.15) is 5.82 Å². The molecule has 3 rings (SSSR count). The van der Waals surface area contributed by atoms with Gasteiger partial charge in [0.25, 0.3) is 0 Å². The van der Waals surface area contributed by atoms with E-state index in [9.17, 15) is 17.6 Å². The van der Waals surface area contributed by atoms with Crippen molar-refractivity contribution in [3.63, 3.8) is 0 Å². The molecule has 0 spiro atoms. The number of nitrogens with one attached hydrogen (secondary N) is 1. The Labute approximate surface area is 172 Å². The highest BCUT2D eigenvalue weighted by Crippen LogP contribution is 2.26. The summed E-state index contributed by atoms with van der Waals surface area (Å²) in [7, 11) is -3.56. The summed E-state index contributed by atoms with van der Waals surface area (Å²) in [4.78, 5) is 12.7. The molecule has 1 saturated heterocycles. The van der Waals surface area contributed by atoms with Crippen LogP contribution in [-0.4, -0.2) is 31.7 Å². The zero-order valence-electron chi connectivity index (χ0n) is 16.8. The van der Waals surface area contributed by atoms with Crippen molar-refractivity contribution < 1.29 is 17.6 Å². The fraction of sp³-hybridized carbons (Fsp3) is 0.409. The average molecular weight is 419 g/mol. The first-order chi connectivity index (χ1) is 13.8. The van der Waals surface area contributed by atoms with Gasteiger partial charge in [0.2, 0.25) is 15.9 Å². The van der Waals surface area contributed by atoms with Gasteiger partial charge in [0.05, 0.1) is 4.90 Å². The number of anilines is 1. The highest BCUT2D eigenvalue weighted by atomic mass is 32.2. The van der Waals surface area contributed by atoms with Crippen molar-refractivity contribution in [1.29, 1.82) is 0 Å². The van der Waals surface area contributed by atoms with Crippen molar-refractivity contribution in [3.8, 4) is 0 Å². The maximum Gasteiger partial charge on any atom is 0.243 e. The number of piperidine rings is 1. The number of benzene rings is 2. The van der Waals surface area contributed by atoms with Crippen molar-refractivity contribution in [3.05, 3.63) is 59.9 Å². The van der Waals surface area contributed by atoms with Gasteiger partial charge in [-0.3, -0.25) is 4.79 Å². The van der Waals surface area contributed by atoms with E-state index in [1.54, 1.807) is 12.1 Å². The molecule has 1 atom stereocenters. The number of amides is 1. The number of carbonyl (C=O) groups is 1. The summed E-state index contributed by atoms with van der Waals surface area (Å²) in [5.41, 5.74) is 1.66. The predicted molar refractivity (Wildman–Crippen MR) is 112 cm³/mol. The zero-order chi connectivity index (χ0) is 21.0. The highest BCUT2D eigenvalue weighted by molar-refractivity contribution is 7.89. The third-order valence-corrected chi connectivity index (χ3v) is 7.55. The first-order valence-electron chi connectivity index (χ1n) is 9.97. The van der Waals surface area contributed by atoms with Crippen LogP contribution in [0.2, 0.25) is 0 Å². The maximum absolute atomic E-state index is 13.0. The van der Waals surface area contributed by atoms with Gasteiger partial charge in [-0.25, -0.2) is 12.8 Å². The lowest BCUT2D eigenvalue weighted by Gasteiger charge is -2.30. The SMILES string of the molecule is CCC(C)c1ccc(S(=O)(=O)N2CCC(C(=O)Nc3ccc(F)cc3)CC2)cc1. The number of hydrogen-bond acceptors (Lipinski definition) is 3. The molecule has 0 bridgehead atoms. The second kappa shape index (κ2) is 9.05. The van der Waals surface area contributed by atoms with E-state index in [1.807, 2.05) is 12.1 Å². The molecule has 156 valence electrons. The molecule has 7 heteroatoms. The summed E-state index contributed by atoms with van der Waals surface area (Å²) in [5, 5.41) is 2.77. The minimum Gasteiger partial charge on any atom is -0.326 e. The number of sulfonamides is 1. The molecule has 0 radical (unpaired) electrons. The van der Waals surface area contributed by atoms with Crippen molar-refractivity contribution in [2.45, 2.75) is 43.9 Å². The lowest BCUT2D eigenvalue weighted by molar-refractivity contribution is -0.120. The van der Waals surface area contributed by atoms with E-state index in [2.05, 4.69) is 19.2 Å². The topological polar surface area (TPSA) is 66.5 Å². The Kier molecular flexibility index (Phi) is 6.70. The van der Waals surface area contributed by atoms with E-state index < -0.39 is 10.0 Å². The van der Waals surface area contributed by atoms with Gasteiger partial charge in [-0.1, -0.05) is 26.0 Å². The summed E-state index contributed by atoms with van der Waals surface area (Å²) < 4.78 is 40.3. The average Bonchev–Trinajstić information content (AvgIpc) is 2.75. The second-order valence-corrected chi connectivity index (χ2v) is 9.49. The van der Waals surface area contributed by atoms with Crippen LogP contribution in [0.1, 0.15) is 44.6 Å². The van der Waals surface area contributed by atoms with Gasteiger partial charge >= 0.3 is 0 Å². The number of halogens is 1. The largest absolute Gasteiger partial charge is 0.326 e. The molecule has 2 aromatic rings. The van der Waals surface area contributed by atoms with Gasteiger partial charge in [-0.2, -0.15) is 4.31 Å². The first-order valence-corrected chi connectivity index (χ1v) is 11.4. The normalized spacial score (nSPS) is 17.1. The smallest absolute Gasteiger partial charge is 0.243 e. The van der Waals surface area contributed by atoms with Crippen LogP contribution in [-0.2, 0) is 14.8 Å². The Morgan fingerprint density at radius 2 is 1.69 bits per heavy atom. The first kappa shape index (κ1) is 21.5. The Morgan fingerprint density at radius 1 is 1.10 bits per heavy atom. The van der Waals surface area contributed by atoms with Crippen molar-refractivity contribution >= 4 is 21.6 Å². The van der Waals surface area contributed by atoms with Crippen molar-refractivity contribution in [1.82, 2.24) is 4.31 Å². The minimum absolute atomic E-state index is 0.161. The summed E-state index contributed by atoms with van der Waals surface area (Å²) in [6.07, 6.45) is 1.91. The molecule has 1 N–H and O–H groups in total. The molecule has 2 aromatic carbocycles. The fourth-order valence-electron chi connectivity index (χ4n) is 3.49. The maximum atomic E-state index is 13.0. The third-order valence-electron chi connectivity index (χ3n) is 5.64. The number of hydrogen-bond donors (Lipinski definition) is 1. The number of carbonyl (C=O) groups excluding carboxylic acids is 1. The Hall–Kier alpha value is -2.25. The molecule has 1 heterocycles. The second-order valence-electron chi connectivity index (χ2n) is 7.55. The van der Waals surface area contributed by atoms with Crippen LogP contribution < -0.4 is 5.32 Å².